The first-order valence-electron chi connectivity index (χ1n) is 11.3. The van der Waals surface area contributed by atoms with Crippen LogP contribution in [0.1, 0.15) is 56.1 Å². The van der Waals surface area contributed by atoms with Crippen LogP contribution in [0, 0.1) is 16.7 Å². The van der Waals surface area contributed by atoms with Gasteiger partial charge in [-0.3, -0.25) is 4.79 Å². The number of likely N-dealkylation sites (tertiary alicyclic amines) is 1. The largest absolute Gasteiger partial charge is 0.494 e. The number of nitrogens with one attached hydrogen (secondary N) is 1. The molecule has 1 aromatic carbocycles. The highest BCUT2D eigenvalue weighted by Gasteiger charge is 2.51. The number of fused-ring (bicyclic) bond motifs is 2. The molecule has 5 rings (SSSR count). The van der Waals surface area contributed by atoms with Crippen LogP contribution in [0.15, 0.2) is 29.5 Å². The Bertz CT molecular complexity index is 1020. The van der Waals surface area contributed by atoms with Gasteiger partial charge in [-0.25, -0.2) is 0 Å². The van der Waals surface area contributed by atoms with Crippen molar-refractivity contribution in [2.75, 3.05) is 19.7 Å². The topological polar surface area (TPSA) is 65.4 Å². The third-order valence-corrected chi connectivity index (χ3v) is 7.51. The van der Waals surface area contributed by atoms with Crippen LogP contribution in [0.3, 0.4) is 0 Å². The molecule has 0 aromatic heterocycles. The standard InChI is InChI=1S/C24H26F3N3O2/c25-24(26,27)5-1-11-32-17-2-3-19-16(12-17)4-6-23(19)13-20(18(14-28)21(31)29-23)30-10-9-22(15-30)7-8-22/h2-3,12H,1,4-11,13,15H2,(H,29,31)/t23-/m0/s1. The van der Waals surface area contributed by atoms with E-state index in [1.807, 2.05) is 12.1 Å². The predicted molar refractivity (Wildman–Crippen MR) is 110 cm³/mol. The summed E-state index contributed by atoms with van der Waals surface area (Å²) in [4.78, 5) is 15.2. The Morgan fingerprint density at radius 3 is 2.72 bits per heavy atom. The van der Waals surface area contributed by atoms with Gasteiger partial charge in [-0.15, -0.1) is 0 Å². The lowest BCUT2D eigenvalue weighted by atomic mass is 9.82. The third-order valence-electron chi connectivity index (χ3n) is 7.51. The molecule has 0 radical (unpaired) electrons. The highest BCUT2D eigenvalue weighted by Crippen LogP contribution is 2.55. The van der Waals surface area contributed by atoms with Crippen molar-refractivity contribution in [2.24, 2.45) is 5.41 Å². The number of hydrogen-bond acceptors (Lipinski definition) is 4. The van der Waals surface area contributed by atoms with Gasteiger partial charge in [0.25, 0.3) is 5.91 Å². The van der Waals surface area contributed by atoms with Gasteiger partial charge in [0.2, 0.25) is 0 Å². The molecule has 0 unspecified atom stereocenters. The summed E-state index contributed by atoms with van der Waals surface area (Å²) in [5, 5.41) is 12.8. The van der Waals surface area contributed by atoms with Gasteiger partial charge in [-0.1, -0.05) is 6.07 Å². The van der Waals surface area contributed by atoms with Crippen molar-refractivity contribution in [2.45, 2.75) is 63.1 Å². The first-order valence-corrected chi connectivity index (χ1v) is 11.3. The Morgan fingerprint density at radius 1 is 1.22 bits per heavy atom. The molecule has 170 valence electrons. The fourth-order valence-electron chi connectivity index (χ4n) is 5.56. The first kappa shape index (κ1) is 21.2. The molecule has 1 atom stereocenters. The summed E-state index contributed by atoms with van der Waals surface area (Å²) in [6, 6.07) is 7.70. The first-order chi connectivity index (χ1) is 15.2. The van der Waals surface area contributed by atoms with Crippen LogP contribution in [-0.2, 0) is 16.8 Å². The number of ether oxygens (including phenoxy) is 1. The Morgan fingerprint density at radius 2 is 2.03 bits per heavy atom. The predicted octanol–water partition coefficient (Wildman–Crippen LogP) is 4.33. The number of rotatable bonds is 5. The maximum atomic E-state index is 12.9. The van der Waals surface area contributed by atoms with Crippen LogP contribution in [0.4, 0.5) is 13.2 Å². The van der Waals surface area contributed by atoms with Crippen molar-refractivity contribution in [3.05, 3.63) is 40.6 Å². The fourth-order valence-corrected chi connectivity index (χ4v) is 5.56. The maximum Gasteiger partial charge on any atom is 0.389 e. The monoisotopic (exact) mass is 445 g/mol. The number of carbonyl (C=O) groups excluding carboxylic acids is 1. The minimum Gasteiger partial charge on any atom is -0.494 e. The average Bonchev–Trinajstić information content (AvgIpc) is 3.23. The summed E-state index contributed by atoms with van der Waals surface area (Å²) in [7, 11) is 0. The molecule has 2 heterocycles. The van der Waals surface area contributed by atoms with Crippen LogP contribution in [0.2, 0.25) is 0 Å². The van der Waals surface area contributed by atoms with Crippen molar-refractivity contribution in [1.82, 2.24) is 10.2 Å². The number of carbonyl (C=O) groups is 1. The number of benzene rings is 1. The average molecular weight is 445 g/mol. The van der Waals surface area contributed by atoms with Crippen molar-refractivity contribution in [3.63, 3.8) is 0 Å². The van der Waals surface area contributed by atoms with Crippen LogP contribution in [0.5, 0.6) is 5.75 Å². The quantitative estimate of drug-likeness (QED) is 0.685. The number of amides is 1. The molecule has 8 heteroatoms. The normalized spacial score (nSPS) is 25.8. The van der Waals surface area contributed by atoms with Crippen LogP contribution < -0.4 is 10.1 Å². The second kappa shape index (κ2) is 7.43. The summed E-state index contributed by atoms with van der Waals surface area (Å²) >= 11 is 0. The van der Waals surface area contributed by atoms with Gasteiger partial charge in [-0.2, -0.15) is 18.4 Å². The SMILES string of the molecule is N#CC1=C(N2CCC3(CC3)C2)C[C@]2(CCc3cc(OCCCC(F)(F)F)ccc32)NC1=O. The van der Waals surface area contributed by atoms with Gasteiger partial charge in [-0.05, 0) is 67.2 Å². The van der Waals surface area contributed by atoms with Crippen molar-refractivity contribution >= 4 is 5.91 Å². The van der Waals surface area contributed by atoms with Crippen molar-refractivity contribution in [1.29, 1.82) is 5.26 Å². The van der Waals surface area contributed by atoms with E-state index in [0.29, 0.717) is 17.6 Å². The Labute approximate surface area is 185 Å². The summed E-state index contributed by atoms with van der Waals surface area (Å²) < 4.78 is 42.5. The zero-order valence-corrected chi connectivity index (χ0v) is 17.9. The fraction of sp³-hybridized carbons (Fsp3) is 0.583. The van der Waals surface area contributed by atoms with E-state index in [0.717, 1.165) is 49.2 Å². The summed E-state index contributed by atoms with van der Waals surface area (Å²) in [6.07, 6.45) is 0.529. The number of nitriles is 1. The minimum atomic E-state index is -4.17. The number of aryl methyl sites for hydroxylation is 1. The molecule has 1 amide bonds. The highest BCUT2D eigenvalue weighted by molar-refractivity contribution is 5.99. The van der Waals surface area contributed by atoms with E-state index >= 15 is 0 Å². The molecule has 2 aliphatic heterocycles. The zero-order valence-electron chi connectivity index (χ0n) is 17.9. The minimum absolute atomic E-state index is 0.00923. The van der Waals surface area contributed by atoms with Gasteiger partial charge < -0.3 is 15.0 Å². The maximum absolute atomic E-state index is 12.9. The van der Waals surface area contributed by atoms with Gasteiger partial charge in [0.1, 0.15) is 17.4 Å². The molecule has 5 nitrogen and oxygen atoms in total. The van der Waals surface area contributed by atoms with E-state index in [9.17, 15) is 23.2 Å². The second-order valence-electron chi connectivity index (χ2n) is 9.70. The van der Waals surface area contributed by atoms with E-state index < -0.39 is 18.1 Å². The van der Waals surface area contributed by atoms with Gasteiger partial charge in [0, 0.05) is 31.6 Å². The lowest BCUT2D eigenvalue weighted by Crippen LogP contribution is -2.50. The van der Waals surface area contributed by atoms with E-state index in [-0.39, 0.29) is 24.5 Å². The van der Waals surface area contributed by atoms with Crippen molar-refractivity contribution < 1.29 is 22.7 Å². The van der Waals surface area contributed by atoms with E-state index in [1.165, 1.54) is 12.8 Å². The van der Waals surface area contributed by atoms with Crippen molar-refractivity contribution in [3.8, 4) is 11.8 Å². The van der Waals surface area contributed by atoms with E-state index in [2.05, 4.69) is 16.3 Å². The highest BCUT2D eigenvalue weighted by atomic mass is 19.4. The molecule has 1 aromatic rings. The van der Waals surface area contributed by atoms with Gasteiger partial charge in [0.15, 0.2) is 0 Å². The van der Waals surface area contributed by atoms with Crippen LogP contribution >= 0.6 is 0 Å². The molecule has 1 N–H and O–H groups in total. The molecular weight excluding hydrogens is 419 g/mol. The molecule has 4 aliphatic rings. The Hall–Kier alpha value is -2.69. The number of alkyl halides is 3. The summed E-state index contributed by atoms with van der Waals surface area (Å²) in [5.74, 6) is 0.236. The summed E-state index contributed by atoms with van der Waals surface area (Å²) in [6.45, 7) is 1.82. The van der Waals surface area contributed by atoms with Gasteiger partial charge >= 0.3 is 6.18 Å². The molecule has 2 fully saturated rings. The van der Waals surface area contributed by atoms with E-state index in [4.69, 9.17) is 4.74 Å². The van der Waals surface area contributed by atoms with Crippen LogP contribution in [0.25, 0.3) is 0 Å². The summed E-state index contributed by atoms with van der Waals surface area (Å²) in [5.41, 5.74) is 2.99. The number of nitrogens with zero attached hydrogens (tertiary/aromatic N) is 2. The Balaban J connectivity index is 1.34. The lowest BCUT2D eigenvalue weighted by Gasteiger charge is -2.39. The molecular formula is C24H26F3N3O2. The molecule has 2 aliphatic carbocycles. The van der Waals surface area contributed by atoms with Crippen LogP contribution in [-0.4, -0.2) is 36.7 Å². The lowest BCUT2D eigenvalue weighted by molar-refractivity contribution is -0.136. The Kier molecular flexibility index (Phi) is 4.92. The molecule has 1 saturated carbocycles. The molecule has 1 saturated heterocycles. The third kappa shape index (κ3) is 3.82. The smallest absolute Gasteiger partial charge is 0.389 e. The number of halogens is 3. The molecule has 32 heavy (non-hydrogen) atoms. The number of hydrogen-bond donors (Lipinski definition) is 1. The zero-order chi connectivity index (χ0) is 22.6. The molecule has 2 spiro atoms. The molecule has 0 bridgehead atoms. The second-order valence-corrected chi connectivity index (χ2v) is 9.70. The van der Waals surface area contributed by atoms with Gasteiger partial charge in [0.05, 0.1) is 12.1 Å². The van der Waals surface area contributed by atoms with E-state index in [1.54, 1.807) is 6.07 Å².